The molecule has 3 rings (SSSR count). The molecule has 1 saturated heterocycles. The molecule has 18 heavy (non-hydrogen) atoms. The van der Waals surface area contributed by atoms with Crippen molar-refractivity contribution in [3.63, 3.8) is 0 Å². The molecule has 8 heteroatoms. The Morgan fingerprint density at radius 1 is 1.44 bits per heavy atom. The lowest BCUT2D eigenvalue weighted by molar-refractivity contribution is 0.420. The number of nitrogens with zero attached hydrogens (tertiary/aromatic N) is 5. The highest BCUT2D eigenvalue weighted by molar-refractivity contribution is 5.49. The Labute approximate surface area is 104 Å². The van der Waals surface area contributed by atoms with Crippen LogP contribution < -0.4 is 10.6 Å². The van der Waals surface area contributed by atoms with Gasteiger partial charge in [-0.15, -0.1) is 5.10 Å². The molecule has 0 saturated carbocycles. The first-order valence-electron chi connectivity index (χ1n) is 6.10. The Kier molecular flexibility index (Phi) is 2.93. The van der Waals surface area contributed by atoms with E-state index in [9.17, 15) is 0 Å². The Balaban J connectivity index is 1.77. The third-order valence-electron chi connectivity index (χ3n) is 3.27. The van der Waals surface area contributed by atoms with Crippen LogP contribution in [0.5, 0.6) is 0 Å². The minimum atomic E-state index is 0.535. The van der Waals surface area contributed by atoms with Crippen LogP contribution in [-0.4, -0.2) is 50.2 Å². The van der Waals surface area contributed by atoms with Gasteiger partial charge in [0.1, 0.15) is 5.69 Å². The zero-order chi connectivity index (χ0) is 12.4. The number of piperidine rings is 1. The van der Waals surface area contributed by atoms with E-state index >= 15 is 0 Å². The quantitative estimate of drug-likeness (QED) is 0.691. The summed E-state index contributed by atoms with van der Waals surface area (Å²) in [6, 6.07) is 0. The van der Waals surface area contributed by atoms with Gasteiger partial charge in [-0.1, -0.05) is 0 Å². The first kappa shape index (κ1) is 11.1. The van der Waals surface area contributed by atoms with Gasteiger partial charge in [0.25, 0.3) is 0 Å². The molecule has 0 spiro atoms. The lowest BCUT2D eigenvalue weighted by Gasteiger charge is -2.31. The molecule has 1 aliphatic rings. The Bertz CT molecular complexity index is 490. The van der Waals surface area contributed by atoms with Crippen molar-refractivity contribution in [2.24, 2.45) is 11.7 Å². The van der Waals surface area contributed by atoms with E-state index < -0.39 is 0 Å². The zero-order valence-corrected chi connectivity index (χ0v) is 10.0. The van der Waals surface area contributed by atoms with Crippen LogP contribution in [0.2, 0.25) is 0 Å². The number of aromatic amines is 2. The van der Waals surface area contributed by atoms with Crippen molar-refractivity contribution in [2.45, 2.75) is 12.8 Å². The van der Waals surface area contributed by atoms with Gasteiger partial charge in [-0.2, -0.15) is 20.4 Å². The topological polar surface area (TPSA) is 112 Å². The number of hydrogen-bond acceptors (Lipinski definition) is 6. The minimum Gasteiger partial charge on any atom is -0.339 e. The van der Waals surface area contributed by atoms with Crippen molar-refractivity contribution >= 4 is 5.95 Å². The number of nitrogens with two attached hydrogens (primary N) is 1. The van der Waals surface area contributed by atoms with Gasteiger partial charge in [0, 0.05) is 13.1 Å². The molecule has 96 valence electrons. The Morgan fingerprint density at radius 3 is 3.17 bits per heavy atom. The van der Waals surface area contributed by atoms with E-state index in [2.05, 4.69) is 35.5 Å². The second kappa shape index (κ2) is 4.73. The smallest absolute Gasteiger partial charge is 0.245 e. The maximum Gasteiger partial charge on any atom is 0.245 e. The van der Waals surface area contributed by atoms with Gasteiger partial charge >= 0.3 is 0 Å². The maximum absolute atomic E-state index is 5.73. The summed E-state index contributed by atoms with van der Waals surface area (Å²) < 4.78 is 0. The summed E-state index contributed by atoms with van der Waals surface area (Å²) in [5.74, 6) is 1.88. The van der Waals surface area contributed by atoms with Crippen LogP contribution in [-0.2, 0) is 0 Å². The summed E-state index contributed by atoms with van der Waals surface area (Å²) >= 11 is 0. The zero-order valence-electron chi connectivity index (χ0n) is 10.0. The van der Waals surface area contributed by atoms with Gasteiger partial charge < -0.3 is 10.6 Å². The van der Waals surface area contributed by atoms with Gasteiger partial charge in [0.05, 0.1) is 6.20 Å². The summed E-state index contributed by atoms with van der Waals surface area (Å²) in [6.45, 7) is 2.62. The van der Waals surface area contributed by atoms with Crippen LogP contribution in [0, 0.1) is 5.92 Å². The molecule has 1 aliphatic heterocycles. The van der Waals surface area contributed by atoms with Gasteiger partial charge in [0.15, 0.2) is 5.82 Å². The van der Waals surface area contributed by atoms with Crippen molar-refractivity contribution in [3.8, 4) is 11.5 Å². The molecular weight excluding hydrogens is 232 g/mol. The molecule has 3 heterocycles. The van der Waals surface area contributed by atoms with Crippen molar-refractivity contribution in [1.29, 1.82) is 0 Å². The molecule has 0 bridgehead atoms. The Morgan fingerprint density at radius 2 is 2.39 bits per heavy atom. The normalized spacial score (nSPS) is 20.3. The molecule has 1 unspecified atom stereocenters. The first-order valence-corrected chi connectivity index (χ1v) is 6.10. The fourth-order valence-electron chi connectivity index (χ4n) is 2.26. The average molecular weight is 248 g/mol. The van der Waals surface area contributed by atoms with Crippen LogP contribution >= 0.6 is 0 Å². The molecule has 1 atom stereocenters. The van der Waals surface area contributed by atoms with Gasteiger partial charge in [-0.3, -0.25) is 5.10 Å². The Hall–Kier alpha value is -1.96. The van der Waals surface area contributed by atoms with Crippen molar-refractivity contribution < 1.29 is 0 Å². The van der Waals surface area contributed by atoms with Gasteiger partial charge in [-0.05, 0) is 25.3 Å². The highest BCUT2D eigenvalue weighted by Gasteiger charge is 2.22. The van der Waals surface area contributed by atoms with E-state index in [0.717, 1.165) is 26.1 Å². The SMILES string of the molecule is NCC1CCCN(c2n[nH]c(-c3cn[nH]n3)n2)C1. The standard InChI is InChI=1S/C10H16N8/c11-4-7-2-1-3-18(6-7)10-13-9(15-16-10)8-5-12-17-14-8/h5,7H,1-4,6,11H2,(H,12,14,17)(H,13,15,16). The van der Waals surface area contributed by atoms with Crippen LogP contribution in [0.25, 0.3) is 11.5 Å². The highest BCUT2D eigenvalue weighted by atomic mass is 15.4. The summed E-state index contributed by atoms with van der Waals surface area (Å²) in [7, 11) is 0. The molecular formula is C10H16N8. The van der Waals surface area contributed by atoms with Crippen molar-refractivity contribution in [1.82, 2.24) is 30.6 Å². The maximum atomic E-state index is 5.73. The van der Waals surface area contributed by atoms with Crippen LogP contribution in [0.3, 0.4) is 0 Å². The second-order valence-corrected chi connectivity index (χ2v) is 4.53. The largest absolute Gasteiger partial charge is 0.339 e. The van der Waals surface area contributed by atoms with Gasteiger partial charge in [-0.25, -0.2) is 0 Å². The monoisotopic (exact) mass is 248 g/mol. The molecule has 2 aromatic heterocycles. The highest BCUT2D eigenvalue weighted by Crippen LogP contribution is 2.21. The van der Waals surface area contributed by atoms with E-state index in [0.29, 0.717) is 23.4 Å². The number of H-pyrrole nitrogens is 2. The molecule has 1 fully saturated rings. The molecule has 0 aliphatic carbocycles. The summed E-state index contributed by atoms with van der Waals surface area (Å²) in [5.41, 5.74) is 6.40. The fraction of sp³-hybridized carbons (Fsp3) is 0.600. The fourth-order valence-corrected chi connectivity index (χ4v) is 2.26. The number of nitrogens with one attached hydrogen (secondary N) is 2. The van der Waals surface area contributed by atoms with E-state index in [1.807, 2.05) is 0 Å². The van der Waals surface area contributed by atoms with Gasteiger partial charge in [0.2, 0.25) is 5.95 Å². The number of rotatable bonds is 3. The molecule has 2 aromatic rings. The summed E-state index contributed by atoms with van der Waals surface area (Å²) in [5, 5.41) is 17.4. The predicted octanol–water partition coefficient (Wildman–Crippen LogP) is -0.235. The van der Waals surface area contributed by atoms with Crippen LogP contribution in [0.4, 0.5) is 5.95 Å². The minimum absolute atomic E-state index is 0.535. The van der Waals surface area contributed by atoms with E-state index in [1.54, 1.807) is 6.20 Å². The van der Waals surface area contributed by atoms with Crippen molar-refractivity contribution in [3.05, 3.63) is 6.20 Å². The lowest BCUT2D eigenvalue weighted by Crippen LogP contribution is -2.38. The summed E-state index contributed by atoms with van der Waals surface area (Å²) in [4.78, 5) is 6.61. The van der Waals surface area contributed by atoms with Crippen LogP contribution in [0.1, 0.15) is 12.8 Å². The van der Waals surface area contributed by atoms with E-state index in [1.165, 1.54) is 6.42 Å². The third-order valence-corrected chi connectivity index (χ3v) is 3.27. The lowest BCUT2D eigenvalue weighted by atomic mass is 9.99. The molecule has 4 N–H and O–H groups in total. The number of anilines is 1. The third kappa shape index (κ3) is 2.06. The van der Waals surface area contributed by atoms with Crippen molar-refractivity contribution in [2.75, 3.05) is 24.5 Å². The number of hydrogen-bond donors (Lipinski definition) is 3. The summed E-state index contributed by atoms with van der Waals surface area (Å²) in [6.07, 6.45) is 3.94. The molecule has 0 aromatic carbocycles. The van der Waals surface area contributed by atoms with Crippen LogP contribution in [0.15, 0.2) is 6.20 Å². The average Bonchev–Trinajstić information content (AvgIpc) is 3.09. The number of aromatic nitrogens is 6. The predicted molar refractivity (Wildman–Crippen MR) is 65.8 cm³/mol. The van der Waals surface area contributed by atoms with E-state index in [4.69, 9.17) is 5.73 Å². The second-order valence-electron chi connectivity index (χ2n) is 4.53. The molecule has 8 nitrogen and oxygen atoms in total. The molecule has 0 radical (unpaired) electrons. The first-order chi connectivity index (χ1) is 8.86. The van der Waals surface area contributed by atoms with E-state index in [-0.39, 0.29) is 0 Å². The molecule has 0 amide bonds.